The summed E-state index contributed by atoms with van der Waals surface area (Å²) in [5.74, 6) is 1.63. The van der Waals surface area contributed by atoms with Gasteiger partial charge in [0.2, 0.25) is 17.7 Å². The number of amides is 2. The summed E-state index contributed by atoms with van der Waals surface area (Å²) >= 11 is 2.19. The minimum absolute atomic E-state index is 0.155. The number of H-pyrrole nitrogens is 1. The van der Waals surface area contributed by atoms with Crippen LogP contribution in [0.25, 0.3) is 44.9 Å². The van der Waals surface area contributed by atoms with Gasteiger partial charge in [-0.05, 0) is 70.7 Å². The van der Waals surface area contributed by atoms with E-state index in [0.717, 1.165) is 50.0 Å². The molecule has 7 heterocycles. The molecule has 10 bridgehead atoms. The van der Waals surface area contributed by atoms with Crippen LogP contribution in [-0.2, 0) is 21.4 Å². The van der Waals surface area contributed by atoms with Crippen LogP contribution in [-0.4, -0.2) is 54.4 Å². The molecule has 4 aliphatic heterocycles. The Balaban J connectivity index is 1.27. The number of aromatic nitrogens is 3. The molecular weight excluding hydrogens is 827 g/mol. The molecule has 0 aliphatic carbocycles. The molecular formula is C42H39IN6O7. The minimum atomic E-state index is -1.62. The maximum absolute atomic E-state index is 14.3. The number of halogens is 1. The number of hydrogen-bond acceptors (Lipinski definition) is 10. The Bertz CT molecular complexity index is 2600. The third-order valence-electron chi connectivity index (χ3n) is 12.0. The van der Waals surface area contributed by atoms with Gasteiger partial charge in [0.25, 0.3) is 5.91 Å². The molecule has 0 radical (unpaired) electrons. The van der Waals surface area contributed by atoms with Crippen LogP contribution in [0.5, 0.6) is 11.5 Å². The highest BCUT2D eigenvalue weighted by atomic mass is 127. The van der Waals surface area contributed by atoms with Crippen LogP contribution in [0.15, 0.2) is 69.8 Å². The number of aliphatic hydroxyl groups is 1. The van der Waals surface area contributed by atoms with Gasteiger partial charge >= 0.3 is 0 Å². The number of para-hydroxylation sites is 1. The molecule has 3 aromatic carbocycles. The summed E-state index contributed by atoms with van der Waals surface area (Å²) in [6.07, 6.45) is 3.49. The van der Waals surface area contributed by atoms with Gasteiger partial charge in [0.05, 0.1) is 11.7 Å². The second-order valence-electron chi connectivity index (χ2n) is 15.3. The Morgan fingerprint density at radius 2 is 1.93 bits per heavy atom. The molecule has 14 heteroatoms. The summed E-state index contributed by atoms with van der Waals surface area (Å²) in [7, 11) is 0. The first kappa shape index (κ1) is 35.1. The van der Waals surface area contributed by atoms with Crippen LogP contribution in [0.4, 0.5) is 5.69 Å². The Morgan fingerprint density at radius 1 is 1.09 bits per heavy atom. The molecule has 13 nitrogen and oxygen atoms in total. The lowest BCUT2D eigenvalue weighted by Crippen LogP contribution is -2.55. The van der Waals surface area contributed by atoms with E-state index in [4.69, 9.17) is 28.3 Å². The molecule has 4 aliphatic rings. The predicted octanol–water partition coefficient (Wildman–Crippen LogP) is 7.11. The summed E-state index contributed by atoms with van der Waals surface area (Å²) in [6, 6.07) is 14.4. The lowest BCUT2D eigenvalue weighted by atomic mass is 9.72. The van der Waals surface area contributed by atoms with Gasteiger partial charge in [-0.1, -0.05) is 58.0 Å². The third-order valence-corrected chi connectivity index (χ3v) is 12.3. The van der Waals surface area contributed by atoms with Gasteiger partial charge in [0.1, 0.15) is 39.2 Å². The Labute approximate surface area is 335 Å². The van der Waals surface area contributed by atoms with Crippen LogP contribution in [0, 0.1) is 5.92 Å². The molecule has 56 heavy (non-hydrogen) atoms. The summed E-state index contributed by atoms with van der Waals surface area (Å²) < 4.78 is 27.1. The van der Waals surface area contributed by atoms with E-state index in [1.54, 1.807) is 20.0 Å². The molecule has 0 saturated carbocycles. The van der Waals surface area contributed by atoms with Crippen molar-refractivity contribution in [3.63, 3.8) is 0 Å². The van der Waals surface area contributed by atoms with Crippen molar-refractivity contribution < 1.29 is 33.0 Å². The Morgan fingerprint density at radius 3 is 2.71 bits per heavy atom. The van der Waals surface area contributed by atoms with Gasteiger partial charge < -0.3 is 44.3 Å². The monoisotopic (exact) mass is 866 g/mol. The number of ether oxygens (including phenoxy) is 2. The Kier molecular flexibility index (Phi) is 7.88. The first-order valence-electron chi connectivity index (χ1n) is 18.9. The van der Waals surface area contributed by atoms with Gasteiger partial charge in [0, 0.05) is 45.9 Å². The van der Waals surface area contributed by atoms with E-state index in [9.17, 15) is 14.7 Å². The van der Waals surface area contributed by atoms with Crippen LogP contribution in [0.3, 0.4) is 0 Å². The van der Waals surface area contributed by atoms with Gasteiger partial charge in [-0.2, -0.15) is 0 Å². The fourth-order valence-corrected chi connectivity index (χ4v) is 9.27. The van der Waals surface area contributed by atoms with E-state index >= 15 is 0 Å². The second kappa shape index (κ2) is 12.6. The number of benzene rings is 3. The first-order chi connectivity index (χ1) is 27.1. The molecule has 10 rings (SSSR count). The SMILES string of the molecule is CCC(O)(CC)C(=O)N[C@H]1Cc2ccc3c(c2)C24c5cccc(c5NC2O3)-c2ccc(OCI)c3[nH]cc(c23)-c2cnc(o2)-c2nc(oc24)[C@H](C(C)C)NC1=O. The number of anilines is 1. The average Bonchev–Trinajstić information content (AvgIpc) is 4.03. The number of carbonyl (C=O) groups excluding carboxylic acids is 2. The van der Waals surface area contributed by atoms with Crippen molar-refractivity contribution >= 4 is 51.0 Å². The number of rotatable bonds is 7. The van der Waals surface area contributed by atoms with Crippen molar-refractivity contribution in [3.05, 3.63) is 89.3 Å². The number of oxazole rings is 2. The molecule has 0 saturated heterocycles. The highest BCUT2D eigenvalue weighted by Gasteiger charge is 2.61. The van der Waals surface area contributed by atoms with Crippen LogP contribution in [0.1, 0.15) is 74.9 Å². The highest BCUT2D eigenvalue weighted by molar-refractivity contribution is 14.1. The third kappa shape index (κ3) is 4.80. The summed E-state index contributed by atoms with van der Waals surface area (Å²) in [5, 5.41) is 21.9. The number of fused-ring (bicyclic) bond motifs is 7. The Hall–Kier alpha value is -5.35. The number of alkyl halides is 1. The van der Waals surface area contributed by atoms with E-state index < -0.39 is 41.1 Å². The number of carbonyl (C=O) groups is 2. The molecule has 2 unspecified atom stereocenters. The topological polar surface area (TPSA) is 177 Å². The summed E-state index contributed by atoms with van der Waals surface area (Å²) in [5.41, 5.74) is 4.57. The first-order valence-corrected chi connectivity index (χ1v) is 20.5. The van der Waals surface area contributed by atoms with Crippen molar-refractivity contribution in [3.8, 4) is 45.5 Å². The van der Waals surface area contributed by atoms with E-state index in [2.05, 4.69) is 61.7 Å². The molecule has 3 aromatic heterocycles. The zero-order chi connectivity index (χ0) is 38.7. The zero-order valence-electron chi connectivity index (χ0n) is 31.1. The van der Waals surface area contributed by atoms with Crippen molar-refractivity contribution in [2.75, 3.05) is 9.93 Å². The van der Waals surface area contributed by atoms with E-state index in [1.165, 1.54) is 0 Å². The molecule has 6 aromatic rings. The fraction of sp³-hybridized carbons (Fsp3) is 0.333. The highest BCUT2D eigenvalue weighted by Crippen LogP contribution is 2.61. The quantitative estimate of drug-likeness (QED) is 0.0821. The van der Waals surface area contributed by atoms with Gasteiger partial charge in [-0.25, -0.2) is 9.97 Å². The largest absolute Gasteiger partial charge is 0.481 e. The standard InChI is InChI=1S/C42H39IN6O7/c1-5-41(52,6-2)39(51)46-26-15-20-10-12-27-25(14-20)42-24-9-7-8-22(32(24)49-40(42)55-27)21-11-13-28(53-18-43)33-30(21)23(16-44-33)29-17-45-37(54-29)34-35(42)56-38(48-34)31(19(3)4)47-36(26)50/h7-14,16-17,19,26,31,40,44,49,52H,5-6,15,18H2,1-4H3,(H,46,51)(H,47,50)/t26-,31-,40?,42?/m0/s1. The fourth-order valence-electron chi connectivity index (χ4n) is 8.94. The molecule has 5 N–H and O–H groups in total. The van der Waals surface area contributed by atoms with Crippen molar-refractivity contribution in [2.45, 2.75) is 76.3 Å². The number of hydrogen-bond donors (Lipinski definition) is 5. The lowest BCUT2D eigenvalue weighted by Gasteiger charge is -2.30. The molecule has 1 spiro atoms. The zero-order valence-corrected chi connectivity index (χ0v) is 33.2. The van der Waals surface area contributed by atoms with Crippen LogP contribution in [0.2, 0.25) is 0 Å². The number of nitrogens with one attached hydrogen (secondary N) is 4. The summed E-state index contributed by atoms with van der Waals surface area (Å²) in [6.45, 7) is 7.44. The van der Waals surface area contributed by atoms with Crippen LogP contribution >= 0.6 is 22.6 Å². The predicted molar refractivity (Wildman–Crippen MR) is 215 cm³/mol. The average molecular weight is 867 g/mol. The van der Waals surface area contributed by atoms with Gasteiger partial charge in [-0.15, -0.1) is 0 Å². The smallest absolute Gasteiger partial charge is 0.252 e. The molecule has 286 valence electrons. The number of aromatic amines is 1. The normalized spacial score (nSPS) is 21.4. The lowest BCUT2D eigenvalue weighted by molar-refractivity contribution is -0.143. The second-order valence-corrected chi connectivity index (χ2v) is 15.9. The maximum atomic E-state index is 14.3. The van der Waals surface area contributed by atoms with Gasteiger partial charge in [-0.3, -0.25) is 9.59 Å². The number of nitrogens with zero attached hydrogens (tertiary/aromatic N) is 2. The van der Waals surface area contributed by atoms with Crippen molar-refractivity contribution in [1.29, 1.82) is 0 Å². The van der Waals surface area contributed by atoms with Crippen molar-refractivity contribution in [2.24, 2.45) is 5.92 Å². The van der Waals surface area contributed by atoms with Crippen molar-refractivity contribution in [1.82, 2.24) is 25.6 Å². The van der Waals surface area contributed by atoms with E-state index in [1.807, 2.05) is 50.4 Å². The van der Waals surface area contributed by atoms with E-state index in [-0.39, 0.29) is 37.0 Å². The molecule has 0 fully saturated rings. The molecule has 2 amide bonds. The minimum Gasteiger partial charge on any atom is -0.481 e. The maximum Gasteiger partial charge on any atom is 0.252 e. The van der Waals surface area contributed by atoms with Gasteiger partial charge in [0.15, 0.2) is 23.4 Å². The van der Waals surface area contributed by atoms with E-state index in [0.29, 0.717) is 33.3 Å². The van der Waals surface area contributed by atoms with Crippen LogP contribution < -0.4 is 25.4 Å². The summed E-state index contributed by atoms with van der Waals surface area (Å²) in [4.78, 5) is 41.3. The molecule has 4 atom stereocenters.